The van der Waals surface area contributed by atoms with Gasteiger partial charge in [0, 0.05) is 24.8 Å². The summed E-state index contributed by atoms with van der Waals surface area (Å²) in [6.45, 7) is 4.53. The number of nitrogens with two attached hydrogens (primary N) is 1. The molecule has 0 aromatic carbocycles. The molecule has 1 saturated heterocycles. The highest BCUT2D eigenvalue weighted by Crippen LogP contribution is 2.33. The fourth-order valence-corrected chi connectivity index (χ4v) is 4.56. The van der Waals surface area contributed by atoms with Gasteiger partial charge in [-0.05, 0) is 12.8 Å². The zero-order chi connectivity index (χ0) is 15.6. The van der Waals surface area contributed by atoms with Crippen LogP contribution in [0.15, 0.2) is 0 Å². The van der Waals surface area contributed by atoms with Crippen LogP contribution in [0.2, 0.25) is 0 Å². The summed E-state index contributed by atoms with van der Waals surface area (Å²) in [5, 5.41) is 14.8. The standard InChI is InChI=1S/C12H20N4O3S2/c1-3-9(4-2)11-14-15-12(20-11)16-6-8(5-10(16)17)7-21(13,18)19/h8-9H,3-7H2,1-2H3,(H2,13,18,19). The van der Waals surface area contributed by atoms with Gasteiger partial charge < -0.3 is 0 Å². The summed E-state index contributed by atoms with van der Waals surface area (Å²) in [4.78, 5) is 13.5. The molecule has 2 heterocycles. The summed E-state index contributed by atoms with van der Waals surface area (Å²) in [6, 6.07) is 0. The predicted molar refractivity (Wildman–Crippen MR) is 81.7 cm³/mol. The molecule has 1 atom stereocenters. The highest BCUT2D eigenvalue weighted by Gasteiger charge is 2.34. The monoisotopic (exact) mass is 332 g/mol. The van der Waals surface area contributed by atoms with Gasteiger partial charge in [-0.1, -0.05) is 25.2 Å². The van der Waals surface area contributed by atoms with E-state index in [2.05, 4.69) is 24.0 Å². The molecule has 118 valence electrons. The van der Waals surface area contributed by atoms with Gasteiger partial charge in [-0.3, -0.25) is 9.69 Å². The number of rotatable bonds is 6. The van der Waals surface area contributed by atoms with Crippen molar-refractivity contribution in [3.63, 3.8) is 0 Å². The molecule has 2 rings (SSSR count). The zero-order valence-corrected chi connectivity index (χ0v) is 13.8. The van der Waals surface area contributed by atoms with Crippen LogP contribution in [0, 0.1) is 5.92 Å². The Morgan fingerprint density at radius 2 is 2.05 bits per heavy atom. The second-order valence-corrected chi connectivity index (χ2v) is 7.99. The van der Waals surface area contributed by atoms with Crippen molar-refractivity contribution in [3.05, 3.63) is 5.01 Å². The second-order valence-electron chi connectivity index (χ2n) is 5.34. The quantitative estimate of drug-likeness (QED) is 0.839. The fourth-order valence-electron chi connectivity index (χ4n) is 2.55. The number of anilines is 1. The Hall–Kier alpha value is -1.06. The van der Waals surface area contributed by atoms with Crippen LogP contribution in [0.25, 0.3) is 0 Å². The van der Waals surface area contributed by atoms with Gasteiger partial charge in [0.15, 0.2) is 0 Å². The van der Waals surface area contributed by atoms with Crippen LogP contribution in [-0.4, -0.2) is 36.8 Å². The number of hydrogen-bond donors (Lipinski definition) is 1. The first-order valence-electron chi connectivity index (χ1n) is 6.98. The van der Waals surface area contributed by atoms with Gasteiger partial charge in [0.25, 0.3) is 0 Å². The first-order chi connectivity index (χ1) is 9.84. The Bertz CT molecular complexity index is 610. The molecule has 7 nitrogen and oxygen atoms in total. The minimum atomic E-state index is -3.56. The number of carbonyl (C=O) groups is 1. The maximum atomic E-state index is 12.0. The normalized spacial score (nSPS) is 19.7. The number of primary sulfonamides is 1. The summed E-state index contributed by atoms with van der Waals surface area (Å²) >= 11 is 1.41. The molecule has 1 aliphatic rings. The number of nitrogens with zero attached hydrogens (tertiary/aromatic N) is 3. The summed E-state index contributed by atoms with van der Waals surface area (Å²) in [5.41, 5.74) is 0. The number of sulfonamides is 1. The first-order valence-corrected chi connectivity index (χ1v) is 9.51. The zero-order valence-electron chi connectivity index (χ0n) is 12.2. The van der Waals surface area contributed by atoms with E-state index in [1.807, 2.05) is 0 Å². The molecular formula is C12H20N4O3S2. The fraction of sp³-hybridized carbons (Fsp3) is 0.750. The lowest BCUT2D eigenvalue weighted by Crippen LogP contribution is -2.27. The van der Waals surface area contributed by atoms with Crippen LogP contribution in [0.1, 0.15) is 44.0 Å². The molecular weight excluding hydrogens is 312 g/mol. The maximum absolute atomic E-state index is 12.0. The van der Waals surface area contributed by atoms with Crippen LogP contribution >= 0.6 is 11.3 Å². The Kier molecular flexibility index (Phi) is 4.95. The Balaban J connectivity index is 2.10. The van der Waals surface area contributed by atoms with E-state index in [1.54, 1.807) is 0 Å². The molecule has 2 N–H and O–H groups in total. The number of amides is 1. The SMILES string of the molecule is CCC(CC)c1nnc(N2CC(CS(N)(=O)=O)CC2=O)s1. The molecule has 1 aliphatic heterocycles. The average Bonchev–Trinajstić information content (AvgIpc) is 2.96. The number of hydrogen-bond acceptors (Lipinski definition) is 6. The van der Waals surface area contributed by atoms with Gasteiger partial charge >= 0.3 is 0 Å². The summed E-state index contributed by atoms with van der Waals surface area (Å²) in [5.74, 6) is -0.203. The van der Waals surface area contributed by atoms with Crippen LogP contribution in [0.4, 0.5) is 5.13 Å². The van der Waals surface area contributed by atoms with E-state index < -0.39 is 10.0 Å². The Labute approximate surface area is 128 Å². The van der Waals surface area contributed by atoms with Crippen LogP contribution in [-0.2, 0) is 14.8 Å². The summed E-state index contributed by atoms with van der Waals surface area (Å²) in [6.07, 6.45) is 2.15. The molecule has 1 fully saturated rings. The van der Waals surface area contributed by atoms with Crippen molar-refractivity contribution in [2.45, 2.75) is 39.0 Å². The van der Waals surface area contributed by atoms with Crippen molar-refractivity contribution in [1.82, 2.24) is 10.2 Å². The maximum Gasteiger partial charge on any atom is 0.229 e. The van der Waals surface area contributed by atoms with Gasteiger partial charge in [0.2, 0.25) is 21.1 Å². The largest absolute Gasteiger partial charge is 0.286 e. The number of aromatic nitrogens is 2. The molecule has 0 saturated carbocycles. The molecule has 0 aliphatic carbocycles. The Morgan fingerprint density at radius 3 is 2.62 bits per heavy atom. The molecule has 0 spiro atoms. The van der Waals surface area contributed by atoms with E-state index >= 15 is 0 Å². The summed E-state index contributed by atoms with van der Waals surface area (Å²) < 4.78 is 22.3. The van der Waals surface area contributed by atoms with Crippen molar-refractivity contribution >= 4 is 32.4 Å². The van der Waals surface area contributed by atoms with Crippen LogP contribution < -0.4 is 10.0 Å². The van der Waals surface area contributed by atoms with Crippen LogP contribution in [0.5, 0.6) is 0 Å². The summed E-state index contributed by atoms with van der Waals surface area (Å²) in [7, 11) is -3.56. The number of carbonyl (C=O) groups excluding carboxylic acids is 1. The van der Waals surface area contributed by atoms with Crippen molar-refractivity contribution in [3.8, 4) is 0 Å². The van der Waals surface area contributed by atoms with E-state index in [-0.39, 0.29) is 24.0 Å². The third-order valence-corrected chi connectivity index (χ3v) is 5.71. The molecule has 1 amide bonds. The topological polar surface area (TPSA) is 106 Å². The smallest absolute Gasteiger partial charge is 0.229 e. The van der Waals surface area contributed by atoms with E-state index in [0.29, 0.717) is 17.6 Å². The molecule has 1 aromatic rings. The van der Waals surface area contributed by atoms with Crippen molar-refractivity contribution in [1.29, 1.82) is 0 Å². The Morgan fingerprint density at radius 1 is 1.38 bits per heavy atom. The van der Waals surface area contributed by atoms with E-state index in [9.17, 15) is 13.2 Å². The van der Waals surface area contributed by atoms with Crippen molar-refractivity contribution in [2.24, 2.45) is 11.1 Å². The van der Waals surface area contributed by atoms with Crippen molar-refractivity contribution in [2.75, 3.05) is 17.2 Å². The first kappa shape index (κ1) is 16.3. The third kappa shape index (κ3) is 3.98. The average molecular weight is 332 g/mol. The highest BCUT2D eigenvalue weighted by molar-refractivity contribution is 7.89. The van der Waals surface area contributed by atoms with E-state index in [0.717, 1.165) is 17.8 Å². The lowest BCUT2D eigenvalue weighted by atomic mass is 10.1. The highest BCUT2D eigenvalue weighted by atomic mass is 32.2. The third-order valence-electron chi connectivity index (χ3n) is 3.67. The molecule has 9 heteroatoms. The van der Waals surface area contributed by atoms with Gasteiger partial charge in [-0.15, -0.1) is 10.2 Å². The predicted octanol–water partition coefficient (Wildman–Crippen LogP) is 1.08. The van der Waals surface area contributed by atoms with Gasteiger partial charge in [-0.2, -0.15) is 0 Å². The lowest BCUT2D eigenvalue weighted by Gasteiger charge is -2.12. The van der Waals surface area contributed by atoms with E-state index in [4.69, 9.17) is 5.14 Å². The van der Waals surface area contributed by atoms with Gasteiger partial charge in [-0.25, -0.2) is 13.6 Å². The van der Waals surface area contributed by atoms with Crippen molar-refractivity contribution < 1.29 is 13.2 Å². The molecule has 21 heavy (non-hydrogen) atoms. The second kappa shape index (κ2) is 6.37. The molecule has 1 aromatic heterocycles. The molecule has 0 radical (unpaired) electrons. The molecule has 0 bridgehead atoms. The van der Waals surface area contributed by atoms with Crippen LogP contribution in [0.3, 0.4) is 0 Å². The molecule has 1 unspecified atom stereocenters. The minimum Gasteiger partial charge on any atom is -0.286 e. The lowest BCUT2D eigenvalue weighted by molar-refractivity contribution is -0.117. The van der Waals surface area contributed by atoms with Gasteiger partial charge in [0.05, 0.1) is 5.75 Å². The van der Waals surface area contributed by atoms with Gasteiger partial charge in [0.1, 0.15) is 5.01 Å². The minimum absolute atomic E-state index is 0.115. The van der Waals surface area contributed by atoms with E-state index in [1.165, 1.54) is 16.2 Å².